The van der Waals surface area contributed by atoms with E-state index in [2.05, 4.69) is 33.5 Å². The van der Waals surface area contributed by atoms with E-state index in [1.165, 1.54) is 11.8 Å². The minimum Gasteiger partial charge on any atom is -0.376 e. The standard InChI is InChI=1S/C24H27N3O3S/c28-23(26-15-19-9-6-14-30-19)17-31-22-16-27(21-11-5-4-10-20(21)22)13-12-25-24(29)18-7-2-1-3-8-18/h1-5,7-8,10-11,16,19H,6,9,12-15,17H2,(H,25,29)(H,26,28)/t19-/m1/s1. The summed E-state index contributed by atoms with van der Waals surface area (Å²) in [5.41, 5.74) is 1.75. The second-order valence-corrected chi connectivity index (χ2v) is 8.57. The van der Waals surface area contributed by atoms with Gasteiger partial charge in [0.05, 0.1) is 11.9 Å². The molecule has 0 unspecified atom stereocenters. The van der Waals surface area contributed by atoms with E-state index in [4.69, 9.17) is 4.74 Å². The third kappa shape index (κ3) is 5.68. The first-order valence-electron chi connectivity index (χ1n) is 10.6. The Kier molecular flexibility index (Phi) is 7.27. The molecule has 1 aliphatic rings. The van der Waals surface area contributed by atoms with Crippen molar-refractivity contribution in [2.24, 2.45) is 0 Å². The Labute approximate surface area is 186 Å². The lowest BCUT2D eigenvalue weighted by molar-refractivity contribution is -0.119. The highest BCUT2D eigenvalue weighted by atomic mass is 32.2. The monoisotopic (exact) mass is 437 g/mol. The molecule has 7 heteroatoms. The van der Waals surface area contributed by atoms with Crippen LogP contribution in [-0.4, -0.2) is 47.9 Å². The van der Waals surface area contributed by atoms with Gasteiger partial charge in [-0.1, -0.05) is 36.4 Å². The maximum absolute atomic E-state index is 12.3. The van der Waals surface area contributed by atoms with Crippen molar-refractivity contribution in [3.8, 4) is 0 Å². The number of benzene rings is 2. The van der Waals surface area contributed by atoms with Crippen LogP contribution in [0.5, 0.6) is 0 Å². The molecule has 2 aromatic carbocycles. The molecule has 6 nitrogen and oxygen atoms in total. The summed E-state index contributed by atoms with van der Waals surface area (Å²) in [6.45, 7) is 2.56. The Balaban J connectivity index is 1.33. The molecule has 2 N–H and O–H groups in total. The summed E-state index contributed by atoms with van der Waals surface area (Å²) in [7, 11) is 0. The van der Waals surface area contributed by atoms with Gasteiger partial charge in [-0.25, -0.2) is 0 Å². The molecule has 0 spiro atoms. The molecule has 1 aliphatic heterocycles. The largest absolute Gasteiger partial charge is 0.376 e. The van der Waals surface area contributed by atoms with Gasteiger partial charge in [0.2, 0.25) is 5.91 Å². The van der Waals surface area contributed by atoms with Crippen molar-refractivity contribution in [2.75, 3.05) is 25.4 Å². The van der Waals surface area contributed by atoms with Crippen LogP contribution >= 0.6 is 11.8 Å². The number of thioether (sulfide) groups is 1. The Morgan fingerprint density at radius 2 is 1.87 bits per heavy atom. The van der Waals surface area contributed by atoms with E-state index in [1.54, 1.807) is 12.1 Å². The lowest BCUT2D eigenvalue weighted by atomic mass is 10.2. The van der Waals surface area contributed by atoms with E-state index in [0.29, 0.717) is 31.0 Å². The van der Waals surface area contributed by atoms with Gasteiger partial charge < -0.3 is 19.9 Å². The topological polar surface area (TPSA) is 72.4 Å². The second-order valence-electron chi connectivity index (χ2n) is 7.55. The molecular weight excluding hydrogens is 410 g/mol. The van der Waals surface area contributed by atoms with Gasteiger partial charge in [0.15, 0.2) is 0 Å². The SMILES string of the molecule is O=C(CSc1cn(CCNC(=O)c2ccccc2)c2ccccc12)NC[C@H]1CCCO1. The number of amides is 2. The molecule has 1 saturated heterocycles. The predicted molar refractivity (Wildman–Crippen MR) is 123 cm³/mol. The first-order valence-corrected chi connectivity index (χ1v) is 11.6. The van der Waals surface area contributed by atoms with Gasteiger partial charge in [-0.2, -0.15) is 0 Å². The minimum atomic E-state index is -0.0745. The van der Waals surface area contributed by atoms with Crippen LogP contribution in [0.2, 0.25) is 0 Å². The van der Waals surface area contributed by atoms with Gasteiger partial charge >= 0.3 is 0 Å². The van der Waals surface area contributed by atoms with Gasteiger partial charge in [-0.15, -0.1) is 11.8 Å². The van der Waals surface area contributed by atoms with Crippen molar-refractivity contribution in [1.82, 2.24) is 15.2 Å². The van der Waals surface area contributed by atoms with E-state index in [1.807, 2.05) is 30.3 Å². The summed E-state index contributed by atoms with van der Waals surface area (Å²) in [5.74, 6) is 0.313. The zero-order valence-corrected chi connectivity index (χ0v) is 18.2. The lowest BCUT2D eigenvalue weighted by Crippen LogP contribution is -2.32. The maximum Gasteiger partial charge on any atom is 0.251 e. The Bertz CT molecular complexity index is 1030. The molecule has 0 aliphatic carbocycles. The van der Waals surface area contributed by atoms with Crippen LogP contribution in [0.15, 0.2) is 65.7 Å². The zero-order valence-electron chi connectivity index (χ0n) is 17.4. The highest BCUT2D eigenvalue weighted by Gasteiger charge is 2.17. The van der Waals surface area contributed by atoms with E-state index in [-0.39, 0.29) is 17.9 Å². The number of hydrogen-bond donors (Lipinski definition) is 2. The summed E-state index contributed by atoms with van der Waals surface area (Å²) in [4.78, 5) is 25.6. The van der Waals surface area contributed by atoms with Gasteiger partial charge in [0.1, 0.15) is 0 Å². The van der Waals surface area contributed by atoms with E-state index < -0.39 is 0 Å². The summed E-state index contributed by atoms with van der Waals surface area (Å²) in [6, 6.07) is 17.4. The zero-order chi connectivity index (χ0) is 21.5. The average Bonchev–Trinajstić information content (AvgIpc) is 3.45. The van der Waals surface area contributed by atoms with Crippen LogP contribution in [0.3, 0.4) is 0 Å². The summed E-state index contributed by atoms with van der Waals surface area (Å²) in [5, 5.41) is 7.06. The first-order chi connectivity index (χ1) is 15.2. The van der Waals surface area contributed by atoms with Gasteiger partial charge in [-0.3, -0.25) is 9.59 Å². The van der Waals surface area contributed by atoms with Crippen LogP contribution in [0, 0.1) is 0 Å². The molecule has 1 aromatic heterocycles. The molecule has 4 rings (SSSR count). The third-order valence-corrected chi connectivity index (χ3v) is 6.38. The molecule has 0 bridgehead atoms. The third-order valence-electron chi connectivity index (χ3n) is 5.34. The second kappa shape index (κ2) is 10.5. The number of ether oxygens (including phenoxy) is 1. The van der Waals surface area contributed by atoms with E-state index in [9.17, 15) is 9.59 Å². The number of nitrogens with one attached hydrogen (secondary N) is 2. The van der Waals surface area contributed by atoms with Crippen molar-refractivity contribution in [3.05, 3.63) is 66.4 Å². The van der Waals surface area contributed by atoms with Gasteiger partial charge in [0, 0.05) is 53.8 Å². The number of hydrogen-bond acceptors (Lipinski definition) is 4. The Morgan fingerprint density at radius 1 is 1.06 bits per heavy atom. The number of carbonyl (C=O) groups excluding carboxylic acids is 2. The van der Waals surface area contributed by atoms with Crippen molar-refractivity contribution in [1.29, 1.82) is 0 Å². The normalized spacial score (nSPS) is 15.8. The molecule has 0 saturated carbocycles. The molecule has 162 valence electrons. The molecule has 3 aromatic rings. The lowest BCUT2D eigenvalue weighted by Gasteiger charge is -2.10. The molecule has 31 heavy (non-hydrogen) atoms. The van der Waals surface area contributed by atoms with Crippen LogP contribution in [0.4, 0.5) is 0 Å². The summed E-state index contributed by atoms with van der Waals surface area (Å²) in [6.07, 6.45) is 4.31. The Morgan fingerprint density at radius 3 is 2.68 bits per heavy atom. The Hall–Kier alpha value is -2.77. The first kappa shape index (κ1) is 21.5. The van der Waals surface area contributed by atoms with Crippen molar-refractivity contribution in [3.63, 3.8) is 0 Å². The van der Waals surface area contributed by atoms with Crippen LogP contribution in [0.1, 0.15) is 23.2 Å². The number of fused-ring (bicyclic) bond motifs is 1. The fourth-order valence-electron chi connectivity index (χ4n) is 3.72. The maximum atomic E-state index is 12.3. The van der Waals surface area contributed by atoms with Crippen molar-refractivity contribution < 1.29 is 14.3 Å². The highest BCUT2D eigenvalue weighted by molar-refractivity contribution is 8.00. The molecule has 2 amide bonds. The number of carbonyl (C=O) groups is 2. The quantitative estimate of drug-likeness (QED) is 0.503. The minimum absolute atomic E-state index is 0.0208. The summed E-state index contributed by atoms with van der Waals surface area (Å²) < 4.78 is 7.69. The predicted octanol–water partition coefficient (Wildman–Crippen LogP) is 3.46. The van der Waals surface area contributed by atoms with Crippen molar-refractivity contribution in [2.45, 2.75) is 30.4 Å². The molecule has 0 radical (unpaired) electrons. The van der Waals surface area contributed by atoms with Crippen LogP contribution in [0.25, 0.3) is 10.9 Å². The fourth-order valence-corrected chi connectivity index (χ4v) is 4.64. The number of para-hydroxylation sites is 1. The molecular formula is C24H27N3O3S. The number of aromatic nitrogens is 1. The highest BCUT2D eigenvalue weighted by Crippen LogP contribution is 2.29. The molecule has 1 atom stereocenters. The fraction of sp³-hybridized carbons (Fsp3) is 0.333. The number of rotatable bonds is 9. The molecule has 2 heterocycles. The number of nitrogens with zero attached hydrogens (tertiary/aromatic N) is 1. The molecule has 1 fully saturated rings. The summed E-state index contributed by atoms with van der Waals surface area (Å²) >= 11 is 1.54. The van der Waals surface area contributed by atoms with E-state index >= 15 is 0 Å². The van der Waals surface area contributed by atoms with Crippen LogP contribution < -0.4 is 10.6 Å². The smallest absolute Gasteiger partial charge is 0.251 e. The van der Waals surface area contributed by atoms with E-state index in [0.717, 1.165) is 35.2 Å². The van der Waals surface area contributed by atoms with Crippen LogP contribution in [-0.2, 0) is 16.1 Å². The van der Waals surface area contributed by atoms with Gasteiger partial charge in [0.25, 0.3) is 5.91 Å². The average molecular weight is 438 g/mol. The van der Waals surface area contributed by atoms with Gasteiger partial charge in [-0.05, 0) is 31.0 Å². The van der Waals surface area contributed by atoms with Crippen molar-refractivity contribution >= 4 is 34.5 Å².